The number of fused-ring (bicyclic) bond motifs is 4. The van der Waals surface area contributed by atoms with Crippen LogP contribution in [0, 0.1) is 11.6 Å². The Kier molecular flexibility index (Phi) is 4.43. The summed E-state index contributed by atoms with van der Waals surface area (Å²) in [7, 11) is 0. The zero-order valence-corrected chi connectivity index (χ0v) is 17.3. The van der Waals surface area contributed by atoms with Gasteiger partial charge in [0, 0.05) is 30.4 Å². The summed E-state index contributed by atoms with van der Waals surface area (Å²) in [5.74, 6) is -2.23. The van der Waals surface area contributed by atoms with Gasteiger partial charge in [-0.25, -0.2) is 13.8 Å². The maximum atomic E-state index is 14.1. The molecule has 0 N–H and O–H groups in total. The standard InChI is InChI=1S/C21H15F5N6O2/c22-10-1-14(23)19-28-5-17(31(19)6-10)18-13-4-27-15(3-16(13)32(29-18)9-21(24,25)26)20(33)30-7-12-2-11(30)8-34-12/h1,3-6,11-12H,2,7-9H2. The predicted molar refractivity (Wildman–Crippen MR) is 107 cm³/mol. The molecule has 6 rings (SSSR count). The molecule has 0 aromatic carbocycles. The van der Waals surface area contributed by atoms with Gasteiger partial charge in [0.1, 0.15) is 23.7 Å². The topological polar surface area (TPSA) is 77.6 Å². The molecule has 2 aliphatic heterocycles. The average Bonchev–Trinajstić information content (AvgIpc) is 3.55. The molecule has 2 unspecified atom stereocenters. The van der Waals surface area contributed by atoms with Gasteiger partial charge in [0.2, 0.25) is 0 Å². The van der Waals surface area contributed by atoms with Crippen LogP contribution in [0.15, 0.2) is 30.7 Å². The number of nitrogens with zero attached hydrogens (tertiary/aromatic N) is 6. The number of carbonyl (C=O) groups excluding carboxylic acids is 1. The third-order valence-corrected chi connectivity index (χ3v) is 6.12. The first-order chi connectivity index (χ1) is 16.2. The second kappa shape index (κ2) is 7.19. The van der Waals surface area contributed by atoms with E-state index in [9.17, 15) is 26.7 Å². The molecule has 2 fully saturated rings. The second-order valence-electron chi connectivity index (χ2n) is 8.35. The Hall–Kier alpha value is -3.61. The molecule has 2 bridgehead atoms. The zero-order valence-electron chi connectivity index (χ0n) is 17.3. The van der Waals surface area contributed by atoms with Gasteiger partial charge in [-0.1, -0.05) is 0 Å². The lowest BCUT2D eigenvalue weighted by Crippen LogP contribution is -2.41. The number of hydrogen-bond acceptors (Lipinski definition) is 5. The summed E-state index contributed by atoms with van der Waals surface area (Å²) in [5, 5.41) is 4.25. The van der Waals surface area contributed by atoms with E-state index in [1.807, 2.05) is 0 Å². The summed E-state index contributed by atoms with van der Waals surface area (Å²) < 4.78 is 75.1. The quantitative estimate of drug-likeness (QED) is 0.423. The van der Waals surface area contributed by atoms with Gasteiger partial charge in [0.05, 0.1) is 36.2 Å². The van der Waals surface area contributed by atoms with Crippen LogP contribution in [0.5, 0.6) is 0 Å². The minimum absolute atomic E-state index is 0.00289. The number of hydrogen-bond donors (Lipinski definition) is 0. The molecular formula is C21H15F5N6O2. The maximum Gasteiger partial charge on any atom is 0.408 e. The number of rotatable bonds is 3. The minimum atomic E-state index is -4.60. The molecule has 1 amide bonds. The number of carbonyl (C=O) groups is 1. The largest absolute Gasteiger partial charge is 0.408 e. The first-order valence-corrected chi connectivity index (χ1v) is 10.4. The molecule has 4 aromatic heterocycles. The van der Waals surface area contributed by atoms with Crippen LogP contribution in [0.4, 0.5) is 22.0 Å². The van der Waals surface area contributed by atoms with Crippen LogP contribution in [-0.2, 0) is 11.3 Å². The van der Waals surface area contributed by atoms with Crippen molar-refractivity contribution in [2.45, 2.75) is 31.3 Å². The van der Waals surface area contributed by atoms with Crippen LogP contribution in [0.2, 0.25) is 0 Å². The maximum absolute atomic E-state index is 14.1. The van der Waals surface area contributed by atoms with Crippen LogP contribution < -0.4 is 0 Å². The normalized spacial score (nSPS) is 20.2. The summed E-state index contributed by atoms with van der Waals surface area (Å²) in [4.78, 5) is 22.7. The third-order valence-electron chi connectivity index (χ3n) is 6.12. The molecule has 0 radical (unpaired) electrons. The molecule has 176 valence electrons. The number of amides is 1. The van der Waals surface area contributed by atoms with Crippen molar-refractivity contribution >= 4 is 22.5 Å². The van der Waals surface area contributed by atoms with Crippen molar-refractivity contribution < 1.29 is 31.5 Å². The van der Waals surface area contributed by atoms with Gasteiger partial charge in [-0.15, -0.1) is 0 Å². The van der Waals surface area contributed by atoms with E-state index < -0.39 is 30.3 Å². The lowest BCUT2D eigenvalue weighted by Gasteiger charge is -2.26. The van der Waals surface area contributed by atoms with Crippen LogP contribution in [0.3, 0.4) is 0 Å². The lowest BCUT2D eigenvalue weighted by molar-refractivity contribution is -0.141. The Morgan fingerprint density at radius 3 is 2.71 bits per heavy atom. The van der Waals surface area contributed by atoms with E-state index in [2.05, 4.69) is 15.1 Å². The first-order valence-electron chi connectivity index (χ1n) is 10.4. The minimum Gasteiger partial charge on any atom is -0.374 e. The number of ether oxygens (including phenoxy) is 1. The molecule has 0 spiro atoms. The van der Waals surface area contributed by atoms with Crippen molar-refractivity contribution in [3.05, 3.63) is 48.1 Å². The molecule has 6 heterocycles. The van der Waals surface area contributed by atoms with Gasteiger partial charge < -0.3 is 9.64 Å². The van der Waals surface area contributed by atoms with E-state index in [1.54, 1.807) is 4.90 Å². The highest BCUT2D eigenvalue weighted by Crippen LogP contribution is 2.33. The summed E-state index contributed by atoms with van der Waals surface area (Å²) >= 11 is 0. The van der Waals surface area contributed by atoms with Crippen molar-refractivity contribution in [1.29, 1.82) is 0 Å². The fourth-order valence-corrected chi connectivity index (χ4v) is 4.65. The number of likely N-dealkylation sites (tertiary alicyclic amines) is 1. The molecule has 0 aliphatic carbocycles. The summed E-state index contributed by atoms with van der Waals surface area (Å²) in [6.45, 7) is -0.617. The number of alkyl halides is 3. The number of halogens is 5. The Morgan fingerprint density at radius 1 is 1.18 bits per heavy atom. The van der Waals surface area contributed by atoms with Crippen LogP contribution in [-0.4, -0.2) is 66.4 Å². The fourth-order valence-electron chi connectivity index (χ4n) is 4.65. The molecule has 2 atom stereocenters. The van der Waals surface area contributed by atoms with Crippen molar-refractivity contribution in [3.8, 4) is 11.4 Å². The molecule has 8 nitrogen and oxygen atoms in total. The number of imidazole rings is 1. The van der Waals surface area contributed by atoms with Gasteiger partial charge in [0.15, 0.2) is 11.5 Å². The van der Waals surface area contributed by atoms with E-state index in [4.69, 9.17) is 4.74 Å². The Morgan fingerprint density at radius 2 is 2.00 bits per heavy atom. The van der Waals surface area contributed by atoms with Gasteiger partial charge in [-0.2, -0.15) is 18.3 Å². The lowest BCUT2D eigenvalue weighted by atomic mass is 10.2. The fraction of sp³-hybridized carbons (Fsp3) is 0.333. The summed E-state index contributed by atoms with van der Waals surface area (Å²) in [6.07, 6.45) is -0.533. The number of pyridine rings is 2. The van der Waals surface area contributed by atoms with Crippen molar-refractivity contribution in [2.24, 2.45) is 0 Å². The Labute approximate surface area is 187 Å². The number of morpholine rings is 1. The Bertz CT molecular complexity index is 1460. The predicted octanol–water partition coefficient (Wildman–Crippen LogP) is 3.20. The van der Waals surface area contributed by atoms with E-state index in [-0.39, 0.29) is 45.8 Å². The third kappa shape index (κ3) is 3.30. The van der Waals surface area contributed by atoms with E-state index in [0.717, 1.165) is 10.6 Å². The highest BCUT2D eigenvalue weighted by Gasteiger charge is 2.42. The molecule has 2 saturated heterocycles. The van der Waals surface area contributed by atoms with Crippen LogP contribution >= 0.6 is 0 Å². The molecule has 4 aromatic rings. The van der Waals surface area contributed by atoms with Gasteiger partial charge in [0.25, 0.3) is 5.91 Å². The van der Waals surface area contributed by atoms with E-state index >= 15 is 0 Å². The first kappa shape index (κ1) is 21.0. The van der Waals surface area contributed by atoms with Crippen molar-refractivity contribution in [2.75, 3.05) is 13.2 Å². The second-order valence-corrected chi connectivity index (χ2v) is 8.35. The average molecular weight is 478 g/mol. The van der Waals surface area contributed by atoms with Crippen LogP contribution in [0.1, 0.15) is 16.9 Å². The van der Waals surface area contributed by atoms with Crippen molar-refractivity contribution in [3.63, 3.8) is 0 Å². The molecule has 34 heavy (non-hydrogen) atoms. The molecule has 13 heteroatoms. The van der Waals surface area contributed by atoms with Gasteiger partial charge in [-0.3, -0.25) is 18.9 Å². The zero-order chi connectivity index (χ0) is 23.8. The highest BCUT2D eigenvalue weighted by atomic mass is 19.4. The molecular weight excluding hydrogens is 463 g/mol. The SMILES string of the molecule is O=C(c1cc2c(cn1)c(-c1cnc3c(F)cc(F)cn13)nn2CC(F)(F)F)N1CC2CC1CO2. The van der Waals surface area contributed by atoms with Gasteiger partial charge >= 0.3 is 6.18 Å². The number of aromatic nitrogens is 5. The monoisotopic (exact) mass is 478 g/mol. The molecule has 2 aliphatic rings. The van der Waals surface area contributed by atoms with Gasteiger partial charge in [-0.05, 0) is 12.5 Å². The van der Waals surface area contributed by atoms with E-state index in [0.29, 0.717) is 30.3 Å². The molecule has 0 saturated carbocycles. The van der Waals surface area contributed by atoms with Crippen molar-refractivity contribution in [1.82, 2.24) is 29.0 Å². The Balaban J connectivity index is 1.49. The van der Waals surface area contributed by atoms with E-state index in [1.165, 1.54) is 18.5 Å². The summed E-state index contributed by atoms with van der Waals surface area (Å²) in [5.41, 5.74) is -0.143. The smallest absolute Gasteiger partial charge is 0.374 e. The van der Waals surface area contributed by atoms with Crippen LogP contribution in [0.25, 0.3) is 27.9 Å². The summed E-state index contributed by atoms with van der Waals surface area (Å²) in [6, 6.07) is 1.83. The highest BCUT2D eigenvalue weighted by molar-refractivity contribution is 5.99.